The Morgan fingerprint density at radius 1 is 0.824 bits per heavy atom. The molecule has 1 aliphatic rings. The van der Waals surface area contributed by atoms with Gasteiger partial charge in [-0.3, -0.25) is 13.9 Å². The quantitative estimate of drug-likeness (QED) is 0.156. The number of benzene rings is 4. The van der Waals surface area contributed by atoms with E-state index in [1.165, 1.54) is 35.2 Å². The lowest BCUT2D eigenvalue weighted by Crippen LogP contribution is -2.55. The summed E-state index contributed by atoms with van der Waals surface area (Å²) in [5, 5.41) is 2.99. The third kappa shape index (κ3) is 9.77. The van der Waals surface area contributed by atoms with Crippen LogP contribution in [-0.2, 0) is 38.8 Å². The van der Waals surface area contributed by atoms with Crippen molar-refractivity contribution in [1.82, 2.24) is 10.2 Å². The van der Waals surface area contributed by atoms with Crippen LogP contribution in [0.1, 0.15) is 48.8 Å². The van der Waals surface area contributed by atoms with Crippen molar-refractivity contribution in [2.75, 3.05) is 10.8 Å². The average Bonchev–Trinajstić information content (AvgIpc) is 3.10. The second kappa shape index (κ2) is 16.7. The van der Waals surface area contributed by atoms with E-state index in [1.807, 2.05) is 6.07 Å². The van der Waals surface area contributed by atoms with Gasteiger partial charge in [-0.2, -0.15) is 13.2 Å². The third-order valence-corrected chi connectivity index (χ3v) is 11.4. The van der Waals surface area contributed by atoms with Gasteiger partial charge in [-0.15, -0.1) is 0 Å². The van der Waals surface area contributed by atoms with Crippen LogP contribution in [0.25, 0.3) is 0 Å². The Labute approximate surface area is 310 Å². The molecule has 1 aliphatic carbocycles. The summed E-state index contributed by atoms with van der Waals surface area (Å²) in [6.07, 6.45) is -0.416. The average molecular weight is 781 g/mol. The first kappa shape index (κ1) is 38.5. The van der Waals surface area contributed by atoms with Gasteiger partial charge in [0.15, 0.2) is 0 Å². The minimum absolute atomic E-state index is 0.0565. The summed E-state index contributed by atoms with van der Waals surface area (Å²) in [7, 11) is -4.64. The van der Waals surface area contributed by atoms with Crippen molar-refractivity contribution in [1.29, 1.82) is 0 Å². The van der Waals surface area contributed by atoms with Crippen LogP contribution in [0, 0.1) is 0 Å². The maximum Gasteiger partial charge on any atom is 0.417 e. The first-order valence-electron chi connectivity index (χ1n) is 16.3. The molecule has 0 heterocycles. The first-order chi connectivity index (χ1) is 24.2. The highest BCUT2D eigenvalue weighted by atomic mass is 35.5. The van der Waals surface area contributed by atoms with E-state index in [9.17, 15) is 31.2 Å². The molecule has 5 rings (SSSR count). The van der Waals surface area contributed by atoms with Gasteiger partial charge < -0.3 is 10.2 Å². The van der Waals surface area contributed by atoms with Crippen molar-refractivity contribution in [3.05, 3.63) is 129 Å². The SMILES string of the molecule is O=C(NC1CCCCC1)[C@H](Cc1ccccc1)N(Cc1ccc(Cl)cc1Cl)C(=O)CN(c1ccc(Cl)c(C(F)(F)F)c1)S(=O)(=O)c1ccccc1. The molecule has 2 amide bonds. The number of carbonyl (C=O) groups is 2. The maximum absolute atomic E-state index is 14.7. The first-order valence-corrected chi connectivity index (χ1v) is 18.8. The standard InChI is InChI=1S/C37H35Cl3F3N3O4S/c38-27-17-16-26(33(40)21-27)23-45(34(20-25-10-4-1-5-11-25)36(48)44-28-12-6-2-7-13-28)35(47)24-46(51(49,50)30-14-8-3-9-15-30)29-18-19-32(39)31(22-29)37(41,42)43/h1,3-5,8-11,14-19,21-22,28,34H,2,6-7,12-13,20,23-24H2,(H,44,48)/t34-/m0/s1. The summed E-state index contributed by atoms with van der Waals surface area (Å²) in [6, 6.07) is 22.0. The summed E-state index contributed by atoms with van der Waals surface area (Å²) in [4.78, 5) is 29.9. The van der Waals surface area contributed by atoms with Crippen LogP contribution < -0.4 is 9.62 Å². The van der Waals surface area contributed by atoms with E-state index in [1.54, 1.807) is 42.5 Å². The number of hydrogen-bond acceptors (Lipinski definition) is 4. The van der Waals surface area contributed by atoms with Gasteiger partial charge in [0.1, 0.15) is 12.6 Å². The number of sulfonamides is 1. The molecule has 14 heteroatoms. The summed E-state index contributed by atoms with van der Waals surface area (Å²) >= 11 is 18.6. The summed E-state index contributed by atoms with van der Waals surface area (Å²) < 4.78 is 71.0. The van der Waals surface area contributed by atoms with Crippen molar-refractivity contribution in [3.8, 4) is 0 Å². The molecule has 270 valence electrons. The van der Waals surface area contributed by atoms with Crippen LogP contribution >= 0.6 is 34.8 Å². The largest absolute Gasteiger partial charge is 0.417 e. The molecule has 1 N–H and O–H groups in total. The zero-order chi connectivity index (χ0) is 36.8. The van der Waals surface area contributed by atoms with Crippen molar-refractivity contribution < 1.29 is 31.2 Å². The van der Waals surface area contributed by atoms with Gasteiger partial charge in [-0.25, -0.2) is 8.42 Å². The second-order valence-electron chi connectivity index (χ2n) is 12.3. The molecule has 0 unspecified atom stereocenters. The van der Waals surface area contributed by atoms with Crippen molar-refractivity contribution in [2.45, 2.75) is 68.2 Å². The smallest absolute Gasteiger partial charge is 0.352 e. The predicted molar refractivity (Wildman–Crippen MR) is 193 cm³/mol. The van der Waals surface area contributed by atoms with E-state index in [-0.39, 0.29) is 28.9 Å². The number of hydrogen-bond donors (Lipinski definition) is 1. The molecule has 4 aromatic carbocycles. The molecule has 0 aromatic heterocycles. The number of rotatable bonds is 12. The third-order valence-electron chi connectivity index (χ3n) is 8.73. The number of nitrogens with zero attached hydrogens (tertiary/aromatic N) is 2. The maximum atomic E-state index is 14.7. The number of amides is 2. The number of anilines is 1. The van der Waals surface area contributed by atoms with Crippen LogP contribution in [0.4, 0.5) is 18.9 Å². The molecule has 0 aliphatic heterocycles. The van der Waals surface area contributed by atoms with Crippen LogP contribution in [0.3, 0.4) is 0 Å². The number of halogens is 6. The van der Waals surface area contributed by atoms with Crippen LogP contribution in [0.5, 0.6) is 0 Å². The summed E-state index contributed by atoms with van der Waals surface area (Å²) in [6.45, 7) is -1.19. The highest BCUT2D eigenvalue weighted by molar-refractivity contribution is 7.92. The van der Waals surface area contributed by atoms with E-state index in [2.05, 4.69) is 5.32 Å². The van der Waals surface area contributed by atoms with Crippen LogP contribution in [0.2, 0.25) is 15.1 Å². The fraction of sp³-hybridized carbons (Fsp3) is 0.297. The molecule has 0 radical (unpaired) electrons. The number of carbonyl (C=O) groups excluding carboxylic acids is 2. The van der Waals surface area contributed by atoms with E-state index in [0.717, 1.165) is 49.8 Å². The Morgan fingerprint density at radius 3 is 2.10 bits per heavy atom. The molecule has 1 saturated carbocycles. The lowest BCUT2D eigenvalue weighted by Gasteiger charge is -2.35. The molecular formula is C37H35Cl3F3N3O4S. The van der Waals surface area contributed by atoms with Crippen molar-refractivity contribution in [2.24, 2.45) is 0 Å². The zero-order valence-corrected chi connectivity index (χ0v) is 30.3. The van der Waals surface area contributed by atoms with E-state index >= 15 is 0 Å². The fourth-order valence-electron chi connectivity index (χ4n) is 6.07. The van der Waals surface area contributed by atoms with E-state index in [0.29, 0.717) is 21.0 Å². The van der Waals surface area contributed by atoms with E-state index < -0.39 is 56.9 Å². The topological polar surface area (TPSA) is 86.8 Å². The minimum atomic E-state index is -4.92. The van der Waals surface area contributed by atoms with Gasteiger partial charge in [0, 0.05) is 29.1 Å². The highest BCUT2D eigenvalue weighted by Gasteiger charge is 2.38. The number of nitrogens with one attached hydrogen (secondary N) is 1. The molecule has 7 nitrogen and oxygen atoms in total. The highest BCUT2D eigenvalue weighted by Crippen LogP contribution is 2.38. The zero-order valence-electron chi connectivity index (χ0n) is 27.3. The fourth-order valence-corrected chi connectivity index (χ4v) is 8.19. The van der Waals surface area contributed by atoms with Gasteiger partial charge in [-0.1, -0.05) is 109 Å². The van der Waals surface area contributed by atoms with Crippen LogP contribution in [0.15, 0.2) is 102 Å². The molecule has 0 spiro atoms. The van der Waals surface area contributed by atoms with Crippen molar-refractivity contribution in [3.63, 3.8) is 0 Å². The minimum Gasteiger partial charge on any atom is -0.352 e. The molecule has 1 atom stereocenters. The Morgan fingerprint density at radius 2 is 1.47 bits per heavy atom. The molecule has 4 aromatic rings. The van der Waals surface area contributed by atoms with Gasteiger partial charge in [0.05, 0.1) is 21.2 Å². The molecule has 1 fully saturated rings. The monoisotopic (exact) mass is 779 g/mol. The normalized spacial score (nSPS) is 14.5. The Bertz CT molecular complexity index is 1950. The lowest BCUT2D eigenvalue weighted by atomic mass is 9.94. The molecule has 51 heavy (non-hydrogen) atoms. The Balaban J connectivity index is 1.62. The van der Waals surface area contributed by atoms with Gasteiger partial charge in [0.2, 0.25) is 11.8 Å². The van der Waals surface area contributed by atoms with Gasteiger partial charge in [-0.05, 0) is 66.4 Å². The molecule has 0 bridgehead atoms. The van der Waals surface area contributed by atoms with Gasteiger partial charge in [0.25, 0.3) is 10.0 Å². The molecule has 0 saturated heterocycles. The second-order valence-corrected chi connectivity index (χ2v) is 15.4. The number of alkyl halides is 3. The van der Waals surface area contributed by atoms with Crippen molar-refractivity contribution >= 4 is 62.3 Å². The summed E-state index contributed by atoms with van der Waals surface area (Å²) in [5.41, 5.74) is -0.579. The lowest BCUT2D eigenvalue weighted by molar-refractivity contribution is -0.140. The Kier molecular flexibility index (Phi) is 12.6. The molecular weight excluding hydrogens is 746 g/mol. The van der Waals surface area contributed by atoms with E-state index in [4.69, 9.17) is 34.8 Å². The van der Waals surface area contributed by atoms with Crippen LogP contribution in [-0.4, -0.2) is 43.8 Å². The summed E-state index contributed by atoms with van der Waals surface area (Å²) in [5.74, 6) is -1.31. The predicted octanol–water partition coefficient (Wildman–Crippen LogP) is 8.95. The Hall–Kier alpha value is -3.77. The van der Waals surface area contributed by atoms with Gasteiger partial charge >= 0.3 is 6.18 Å².